The molecule has 4 atom stereocenters. The molecule has 0 spiro atoms. The molecular weight excluding hydrogens is 451 g/mol. The van der Waals surface area contributed by atoms with Crippen LogP contribution in [-0.4, -0.2) is 84.7 Å². The third-order valence-electron chi connectivity index (χ3n) is 6.42. The molecule has 2 aromatic rings. The van der Waals surface area contributed by atoms with Crippen molar-refractivity contribution < 1.29 is 32.9 Å². The number of amides is 1. The molecule has 2 aromatic carbocycles. The van der Waals surface area contributed by atoms with Gasteiger partial charge in [0.2, 0.25) is 0 Å². The van der Waals surface area contributed by atoms with E-state index in [0.717, 1.165) is 12.1 Å². The highest BCUT2D eigenvalue weighted by molar-refractivity contribution is 5.94. The quantitative estimate of drug-likeness (QED) is 0.586. The van der Waals surface area contributed by atoms with Gasteiger partial charge < -0.3 is 25.2 Å². The SMILES string of the molecule is O=C(NC[C@@H]1O[C@@H](CO)[C@@H](O)[C@H]1N1CCN(c2cccc(C(F)(F)F)c2)CC1)c1ccccc1. The van der Waals surface area contributed by atoms with Gasteiger partial charge in [-0.2, -0.15) is 13.2 Å². The van der Waals surface area contributed by atoms with Crippen molar-refractivity contribution in [1.82, 2.24) is 10.2 Å². The number of ether oxygens (including phenoxy) is 1. The van der Waals surface area contributed by atoms with Gasteiger partial charge in [0.15, 0.2) is 0 Å². The predicted octanol–water partition coefficient (Wildman–Crippen LogP) is 1.75. The summed E-state index contributed by atoms with van der Waals surface area (Å²) in [5.41, 5.74) is 0.315. The van der Waals surface area contributed by atoms with Crippen molar-refractivity contribution in [2.24, 2.45) is 0 Å². The number of rotatable bonds is 6. The summed E-state index contributed by atoms with van der Waals surface area (Å²) in [6.45, 7) is 1.71. The van der Waals surface area contributed by atoms with E-state index < -0.39 is 36.1 Å². The number of nitrogens with one attached hydrogen (secondary N) is 1. The molecule has 10 heteroatoms. The maximum Gasteiger partial charge on any atom is 0.416 e. The number of piperazine rings is 1. The van der Waals surface area contributed by atoms with Crippen LogP contribution in [0.5, 0.6) is 0 Å². The number of carbonyl (C=O) groups is 1. The second-order valence-electron chi connectivity index (χ2n) is 8.52. The summed E-state index contributed by atoms with van der Waals surface area (Å²) in [4.78, 5) is 16.3. The fraction of sp³-hybridized carbons (Fsp3) is 0.458. The zero-order valence-corrected chi connectivity index (χ0v) is 18.5. The summed E-state index contributed by atoms with van der Waals surface area (Å²) in [6.07, 6.45) is -6.67. The molecule has 4 rings (SSSR count). The lowest BCUT2D eigenvalue weighted by Gasteiger charge is -2.41. The van der Waals surface area contributed by atoms with Crippen molar-refractivity contribution in [2.45, 2.75) is 30.5 Å². The van der Waals surface area contributed by atoms with Crippen LogP contribution in [0.25, 0.3) is 0 Å². The van der Waals surface area contributed by atoms with Gasteiger partial charge in [0.1, 0.15) is 12.2 Å². The van der Waals surface area contributed by atoms with Gasteiger partial charge in [0, 0.05) is 44.0 Å². The molecule has 7 nitrogen and oxygen atoms in total. The summed E-state index contributed by atoms with van der Waals surface area (Å²) in [7, 11) is 0. The van der Waals surface area contributed by atoms with E-state index in [9.17, 15) is 28.2 Å². The molecule has 1 amide bonds. The third kappa shape index (κ3) is 5.35. The van der Waals surface area contributed by atoms with E-state index >= 15 is 0 Å². The highest BCUT2D eigenvalue weighted by Gasteiger charge is 2.46. The second-order valence-corrected chi connectivity index (χ2v) is 8.52. The molecule has 0 unspecified atom stereocenters. The Morgan fingerprint density at radius 3 is 2.38 bits per heavy atom. The van der Waals surface area contributed by atoms with Gasteiger partial charge >= 0.3 is 6.18 Å². The van der Waals surface area contributed by atoms with Gasteiger partial charge in [-0.25, -0.2) is 0 Å². The molecule has 184 valence electrons. The normalized spacial score (nSPS) is 26.0. The Morgan fingerprint density at radius 1 is 1.03 bits per heavy atom. The zero-order chi connectivity index (χ0) is 24.3. The Bertz CT molecular complexity index is 967. The first kappa shape index (κ1) is 24.5. The monoisotopic (exact) mass is 479 g/mol. The molecule has 0 aromatic heterocycles. The molecule has 2 saturated heterocycles. The largest absolute Gasteiger partial charge is 0.416 e. The molecular formula is C24H28F3N3O4. The number of carbonyl (C=O) groups excluding carboxylic acids is 1. The van der Waals surface area contributed by atoms with Crippen LogP contribution in [0.4, 0.5) is 18.9 Å². The molecule has 2 aliphatic rings. The molecule has 2 aliphatic heterocycles. The van der Waals surface area contributed by atoms with Gasteiger partial charge in [-0.05, 0) is 30.3 Å². The number of aliphatic hydroxyl groups excluding tert-OH is 2. The van der Waals surface area contributed by atoms with Gasteiger partial charge in [-0.1, -0.05) is 24.3 Å². The first-order chi connectivity index (χ1) is 16.3. The molecule has 0 saturated carbocycles. The molecule has 0 bridgehead atoms. The zero-order valence-electron chi connectivity index (χ0n) is 18.5. The lowest BCUT2D eigenvalue weighted by molar-refractivity contribution is -0.137. The van der Waals surface area contributed by atoms with Gasteiger partial charge in [-0.15, -0.1) is 0 Å². The smallest absolute Gasteiger partial charge is 0.394 e. The van der Waals surface area contributed by atoms with Crippen LogP contribution in [0.15, 0.2) is 54.6 Å². The lowest BCUT2D eigenvalue weighted by atomic mass is 10.0. The minimum atomic E-state index is -4.40. The van der Waals surface area contributed by atoms with E-state index in [1.165, 1.54) is 6.07 Å². The molecule has 2 fully saturated rings. The van der Waals surface area contributed by atoms with E-state index in [4.69, 9.17) is 4.74 Å². The number of nitrogens with zero attached hydrogens (tertiary/aromatic N) is 2. The van der Waals surface area contributed by atoms with Crippen LogP contribution >= 0.6 is 0 Å². The van der Waals surface area contributed by atoms with Crippen LogP contribution in [-0.2, 0) is 10.9 Å². The Hall–Kier alpha value is -2.66. The lowest BCUT2D eigenvalue weighted by Crippen LogP contribution is -2.57. The van der Waals surface area contributed by atoms with Crippen LogP contribution in [0.2, 0.25) is 0 Å². The summed E-state index contributed by atoms with van der Waals surface area (Å²) in [5.74, 6) is -0.265. The van der Waals surface area contributed by atoms with Gasteiger partial charge in [-0.3, -0.25) is 9.69 Å². The number of alkyl halides is 3. The summed E-state index contributed by atoms with van der Waals surface area (Å²) in [6, 6.07) is 13.5. The van der Waals surface area contributed by atoms with Crippen LogP contribution < -0.4 is 10.2 Å². The van der Waals surface area contributed by atoms with E-state index in [1.807, 2.05) is 15.9 Å². The van der Waals surface area contributed by atoms with Gasteiger partial charge in [0.25, 0.3) is 5.91 Å². The predicted molar refractivity (Wildman–Crippen MR) is 120 cm³/mol. The fourth-order valence-electron chi connectivity index (χ4n) is 4.64. The maximum absolute atomic E-state index is 13.1. The minimum Gasteiger partial charge on any atom is -0.394 e. The van der Waals surface area contributed by atoms with Crippen LogP contribution in [0.1, 0.15) is 15.9 Å². The number of hydrogen-bond donors (Lipinski definition) is 3. The fourth-order valence-corrected chi connectivity index (χ4v) is 4.64. The standard InChI is InChI=1S/C24H28F3N3O4/c25-24(26,27)17-7-4-8-18(13-17)29-9-11-30(12-10-29)21-19(34-20(15-31)22(21)32)14-28-23(33)16-5-2-1-3-6-16/h1-8,13,19-22,31-32H,9-12,14-15H2,(H,28,33)/t19-,20-,21-,22+/m0/s1. The highest BCUT2D eigenvalue weighted by atomic mass is 19.4. The number of hydrogen-bond acceptors (Lipinski definition) is 6. The molecule has 0 radical (unpaired) electrons. The number of aliphatic hydroxyl groups is 2. The van der Waals surface area contributed by atoms with E-state index in [2.05, 4.69) is 5.32 Å². The minimum absolute atomic E-state index is 0.153. The van der Waals surface area contributed by atoms with Crippen molar-refractivity contribution >= 4 is 11.6 Å². The first-order valence-corrected chi connectivity index (χ1v) is 11.2. The first-order valence-electron chi connectivity index (χ1n) is 11.2. The molecule has 2 heterocycles. The average molecular weight is 479 g/mol. The van der Waals surface area contributed by atoms with Crippen molar-refractivity contribution in [3.63, 3.8) is 0 Å². The Labute approximate surface area is 195 Å². The molecule has 3 N–H and O–H groups in total. The number of halogens is 3. The van der Waals surface area contributed by atoms with Crippen molar-refractivity contribution in [3.05, 3.63) is 65.7 Å². The van der Waals surface area contributed by atoms with Crippen molar-refractivity contribution in [1.29, 1.82) is 0 Å². The second kappa shape index (κ2) is 10.3. The van der Waals surface area contributed by atoms with E-state index in [0.29, 0.717) is 37.4 Å². The Morgan fingerprint density at radius 2 is 1.74 bits per heavy atom. The van der Waals surface area contributed by atoms with Crippen LogP contribution in [0.3, 0.4) is 0 Å². The number of anilines is 1. The van der Waals surface area contributed by atoms with Gasteiger partial charge in [0.05, 0.1) is 24.3 Å². The molecule has 0 aliphatic carbocycles. The van der Waals surface area contributed by atoms with Crippen LogP contribution in [0, 0.1) is 0 Å². The summed E-state index contributed by atoms with van der Waals surface area (Å²) < 4.78 is 45.1. The number of benzene rings is 2. The van der Waals surface area contributed by atoms with Crippen molar-refractivity contribution in [2.75, 3.05) is 44.2 Å². The Balaban J connectivity index is 1.40. The average Bonchev–Trinajstić information content (AvgIpc) is 3.17. The summed E-state index contributed by atoms with van der Waals surface area (Å²) in [5, 5.41) is 23.2. The maximum atomic E-state index is 13.1. The van der Waals surface area contributed by atoms with Crippen molar-refractivity contribution in [3.8, 4) is 0 Å². The Kier molecular flexibility index (Phi) is 7.42. The molecule has 34 heavy (non-hydrogen) atoms. The highest BCUT2D eigenvalue weighted by Crippen LogP contribution is 2.32. The summed E-state index contributed by atoms with van der Waals surface area (Å²) >= 11 is 0. The third-order valence-corrected chi connectivity index (χ3v) is 6.42. The van der Waals surface area contributed by atoms with E-state index in [1.54, 1.807) is 30.3 Å². The topological polar surface area (TPSA) is 85.3 Å². The van der Waals surface area contributed by atoms with E-state index in [-0.39, 0.29) is 19.1 Å².